The van der Waals surface area contributed by atoms with E-state index in [0.29, 0.717) is 5.84 Å². The first kappa shape index (κ1) is 14.5. The van der Waals surface area contributed by atoms with Crippen molar-refractivity contribution in [3.63, 3.8) is 0 Å². The van der Waals surface area contributed by atoms with Gasteiger partial charge in [-0.25, -0.2) is 0 Å². The zero-order valence-corrected chi connectivity index (χ0v) is 10.5. The summed E-state index contributed by atoms with van der Waals surface area (Å²) in [6, 6.07) is 0. The maximum Gasteiger partial charge on any atom is 0.0934 e. The van der Waals surface area contributed by atoms with Crippen LogP contribution in [0, 0.1) is 11.3 Å². The van der Waals surface area contributed by atoms with E-state index in [1.165, 1.54) is 51.4 Å². The van der Waals surface area contributed by atoms with Crippen LogP contribution in [0.3, 0.4) is 0 Å². The van der Waals surface area contributed by atoms with Gasteiger partial charge < -0.3 is 5.73 Å². The predicted molar refractivity (Wildman–Crippen MR) is 68.3 cm³/mol. The van der Waals surface area contributed by atoms with Gasteiger partial charge in [0, 0.05) is 5.92 Å². The molecule has 0 bridgehead atoms. The van der Waals surface area contributed by atoms with Crippen molar-refractivity contribution >= 4 is 5.84 Å². The topological polar surface area (TPSA) is 49.9 Å². The molecule has 0 rings (SSSR count). The van der Waals surface area contributed by atoms with Crippen LogP contribution < -0.4 is 5.73 Å². The summed E-state index contributed by atoms with van der Waals surface area (Å²) >= 11 is 0. The van der Waals surface area contributed by atoms with Crippen LogP contribution in [-0.2, 0) is 0 Å². The van der Waals surface area contributed by atoms with E-state index in [4.69, 9.17) is 11.1 Å². The van der Waals surface area contributed by atoms with Gasteiger partial charge in [-0.15, -0.1) is 0 Å². The van der Waals surface area contributed by atoms with Gasteiger partial charge in [0.25, 0.3) is 0 Å². The molecule has 2 nitrogen and oxygen atoms in total. The second-order valence-electron chi connectivity index (χ2n) is 4.62. The van der Waals surface area contributed by atoms with Crippen molar-refractivity contribution < 1.29 is 0 Å². The fourth-order valence-corrected chi connectivity index (χ4v) is 1.74. The largest absolute Gasteiger partial charge is 0.387 e. The predicted octanol–water partition coefficient (Wildman–Crippen LogP) is 4.09. The molecule has 0 aromatic rings. The highest BCUT2D eigenvalue weighted by molar-refractivity contribution is 5.79. The van der Waals surface area contributed by atoms with Crippen molar-refractivity contribution in [3.8, 4) is 0 Å². The summed E-state index contributed by atoms with van der Waals surface area (Å²) in [5.41, 5.74) is 5.42. The Bertz CT molecular complexity index is 155. The molecule has 0 radical (unpaired) electrons. The third-order valence-electron chi connectivity index (χ3n) is 3.02. The van der Waals surface area contributed by atoms with E-state index < -0.39 is 0 Å². The van der Waals surface area contributed by atoms with Crippen molar-refractivity contribution in [2.75, 3.05) is 0 Å². The lowest BCUT2D eigenvalue weighted by Gasteiger charge is -2.08. The van der Waals surface area contributed by atoms with Crippen molar-refractivity contribution in [3.05, 3.63) is 0 Å². The Labute approximate surface area is 95.1 Å². The molecule has 0 aliphatic rings. The molecule has 0 spiro atoms. The maximum absolute atomic E-state index is 7.27. The van der Waals surface area contributed by atoms with Gasteiger partial charge in [0.1, 0.15) is 0 Å². The van der Waals surface area contributed by atoms with Crippen LogP contribution in [0.4, 0.5) is 0 Å². The van der Waals surface area contributed by atoms with E-state index in [-0.39, 0.29) is 5.92 Å². The van der Waals surface area contributed by atoms with E-state index >= 15 is 0 Å². The molecule has 0 saturated carbocycles. The minimum Gasteiger partial charge on any atom is -0.387 e. The summed E-state index contributed by atoms with van der Waals surface area (Å²) in [5.74, 6) is 0.628. The van der Waals surface area contributed by atoms with Gasteiger partial charge in [0.2, 0.25) is 0 Å². The minimum absolute atomic E-state index is 0.282. The first-order valence-electron chi connectivity index (χ1n) is 6.52. The number of unbranched alkanes of at least 4 members (excludes halogenated alkanes) is 7. The average molecular weight is 212 g/mol. The van der Waals surface area contributed by atoms with Crippen molar-refractivity contribution in [1.29, 1.82) is 5.41 Å². The van der Waals surface area contributed by atoms with Crippen LogP contribution in [-0.4, -0.2) is 5.84 Å². The highest BCUT2D eigenvalue weighted by Gasteiger charge is 2.03. The summed E-state index contributed by atoms with van der Waals surface area (Å²) in [4.78, 5) is 0. The minimum atomic E-state index is 0.282. The Morgan fingerprint density at radius 1 is 1.00 bits per heavy atom. The molecule has 1 unspecified atom stereocenters. The molecule has 2 heteroatoms. The zero-order valence-electron chi connectivity index (χ0n) is 10.5. The second kappa shape index (κ2) is 10.0. The molecule has 3 N–H and O–H groups in total. The molecule has 0 aromatic carbocycles. The Hall–Kier alpha value is -0.530. The fraction of sp³-hybridized carbons (Fsp3) is 0.923. The molecule has 90 valence electrons. The smallest absolute Gasteiger partial charge is 0.0934 e. The molecule has 15 heavy (non-hydrogen) atoms. The van der Waals surface area contributed by atoms with E-state index in [1.54, 1.807) is 0 Å². The summed E-state index contributed by atoms with van der Waals surface area (Å²) < 4.78 is 0. The van der Waals surface area contributed by atoms with E-state index in [2.05, 4.69) is 6.92 Å². The summed E-state index contributed by atoms with van der Waals surface area (Å²) in [6.45, 7) is 4.30. The van der Waals surface area contributed by atoms with E-state index in [1.807, 2.05) is 6.92 Å². The third kappa shape index (κ3) is 9.77. The molecular formula is C13H28N2. The quantitative estimate of drug-likeness (QED) is 0.320. The number of hydrogen-bond donors (Lipinski definition) is 2. The first-order valence-corrected chi connectivity index (χ1v) is 6.52. The van der Waals surface area contributed by atoms with Gasteiger partial charge in [0.05, 0.1) is 5.84 Å². The second-order valence-corrected chi connectivity index (χ2v) is 4.62. The fourth-order valence-electron chi connectivity index (χ4n) is 1.74. The number of amidine groups is 1. The van der Waals surface area contributed by atoms with Crippen LogP contribution in [0.5, 0.6) is 0 Å². The van der Waals surface area contributed by atoms with Crippen LogP contribution in [0.15, 0.2) is 0 Å². The van der Waals surface area contributed by atoms with Crippen molar-refractivity contribution in [2.45, 2.75) is 71.6 Å². The Balaban J connectivity index is 3.08. The molecule has 0 fully saturated rings. The Morgan fingerprint density at radius 2 is 1.47 bits per heavy atom. The van der Waals surface area contributed by atoms with Crippen LogP contribution >= 0.6 is 0 Å². The van der Waals surface area contributed by atoms with E-state index in [0.717, 1.165) is 6.42 Å². The number of rotatable bonds is 10. The highest BCUT2D eigenvalue weighted by Crippen LogP contribution is 2.12. The Kier molecular flexibility index (Phi) is 9.65. The van der Waals surface area contributed by atoms with E-state index in [9.17, 15) is 0 Å². The van der Waals surface area contributed by atoms with Crippen LogP contribution in [0.2, 0.25) is 0 Å². The molecule has 0 heterocycles. The van der Waals surface area contributed by atoms with Crippen LogP contribution in [0.1, 0.15) is 71.6 Å². The molecule has 0 aliphatic carbocycles. The van der Waals surface area contributed by atoms with Crippen LogP contribution in [0.25, 0.3) is 0 Å². The Morgan fingerprint density at radius 3 is 1.93 bits per heavy atom. The summed E-state index contributed by atoms with van der Waals surface area (Å²) in [6.07, 6.45) is 11.9. The van der Waals surface area contributed by atoms with Gasteiger partial charge >= 0.3 is 0 Å². The maximum atomic E-state index is 7.27. The zero-order chi connectivity index (χ0) is 11.5. The molecular weight excluding hydrogens is 184 g/mol. The number of nitrogens with two attached hydrogens (primary N) is 1. The monoisotopic (exact) mass is 212 g/mol. The van der Waals surface area contributed by atoms with Gasteiger partial charge in [-0.1, -0.05) is 65.2 Å². The summed E-state index contributed by atoms with van der Waals surface area (Å²) in [5, 5.41) is 7.27. The van der Waals surface area contributed by atoms with Gasteiger partial charge in [0.15, 0.2) is 0 Å². The van der Waals surface area contributed by atoms with Crippen molar-refractivity contribution in [2.24, 2.45) is 11.7 Å². The standard InChI is InChI=1S/C13H28N2/c1-3-4-5-6-7-8-9-10-11-12(2)13(14)15/h12H,3-11H2,1-2H3,(H3,14,15). The lowest BCUT2D eigenvalue weighted by atomic mass is 10.0. The molecule has 0 saturated heterocycles. The molecule has 1 atom stereocenters. The van der Waals surface area contributed by atoms with Gasteiger partial charge in [-0.05, 0) is 6.42 Å². The normalized spacial score (nSPS) is 12.7. The van der Waals surface area contributed by atoms with Gasteiger partial charge in [-0.2, -0.15) is 0 Å². The summed E-state index contributed by atoms with van der Waals surface area (Å²) in [7, 11) is 0. The highest BCUT2D eigenvalue weighted by atomic mass is 14.7. The number of hydrogen-bond acceptors (Lipinski definition) is 1. The lowest BCUT2D eigenvalue weighted by molar-refractivity contribution is 0.541. The molecule has 0 amide bonds. The van der Waals surface area contributed by atoms with Crippen molar-refractivity contribution in [1.82, 2.24) is 0 Å². The SMILES string of the molecule is CCCCCCCCCCC(C)C(=N)N. The molecule has 0 aliphatic heterocycles. The average Bonchev–Trinajstić information content (AvgIpc) is 2.21. The van der Waals surface area contributed by atoms with Gasteiger partial charge in [-0.3, -0.25) is 5.41 Å². The number of nitrogens with one attached hydrogen (secondary N) is 1. The third-order valence-corrected chi connectivity index (χ3v) is 3.02. The molecule has 0 aromatic heterocycles. The first-order chi connectivity index (χ1) is 7.18. The lowest BCUT2D eigenvalue weighted by Crippen LogP contribution is -2.19.